The lowest BCUT2D eigenvalue weighted by Gasteiger charge is -2.41. The summed E-state index contributed by atoms with van der Waals surface area (Å²) in [5.74, 6) is -1.46. The summed E-state index contributed by atoms with van der Waals surface area (Å²) in [5, 5.41) is 1.16. The maximum atomic E-state index is 12.7. The van der Waals surface area contributed by atoms with E-state index in [9.17, 15) is 14.4 Å². The Morgan fingerprint density at radius 3 is 2.22 bits per heavy atom. The molecule has 2 saturated heterocycles. The molecule has 8 heteroatoms. The first-order valence-electron chi connectivity index (χ1n) is 9.32. The van der Waals surface area contributed by atoms with Crippen molar-refractivity contribution in [3.63, 3.8) is 0 Å². The Morgan fingerprint density at radius 2 is 1.63 bits per heavy atom. The monoisotopic (exact) mass is 373 g/mol. The maximum absolute atomic E-state index is 12.7. The normalized spacial score (nSPS) is 19.9. The number of rotatable bonds is 5. The van der Waals surface area contributed by atoms with Crippen LogP contribution in [-0.4, -0.2) is 70.5 Å². The standard InChI is InChI=1S/C19H27N5O3/c1-13(2)24(14(3)4)16(25)12-23-18(27)17(26)22-11-10-21(19(22)20-23)15-8-6-5-7-9-15/h5-9,13-14,19-20H,10-12H2,1-4H3. The number of hydrogen-bond donors (Lipinski definition) is 1. The van der Waals surface area contributed by atoms with Crippen LogP contribution in [0.1, 0.15) is 27.7 Å². The van der Waals surface area contributed by atoms with Crippen molar-refractivity contribution in [2.45, 2.75) is 46.1 Å². The molecule has 1 aromatic rings. The van der Waals surface area contributed by atoms with Crippen LogP contribution < -0.4 is 10.3 Å². The Balaban J connectivity index is 1.78. The Hall–Kier alpha value is -2.61. The molecule has 0 saturated carbocycles. The van der Waals surface area contributed by atoms with Gasteiger partial charge in [0, 0.05) is 30.9 Å². The number of nitrogens with one attached hydrogen (secondary N) is 1. The summed E-state index contributed by atoms with van der Waals surface area (Å²) in [6.45, 7) is 8.65. The van der Waals surface area contributed by atoms with Crippen LogP contribution in [-0.2, 0) is 14.4 Å². The van der Waals surface area contributed by atoms with E-state index in [1.807, 2.05) is 62.9 Å². The largest absolute Gasteiger partial charge is 0.336 e. The second-order valence-corrected chi connectivity index (χ2v) is 7.41. The molecular formula is C19H27N5O3. The number of nitrogens with zero attached hydrogens (tertiary/aromatic N) is 4. The fourth-order valence-electron chi connectivity index (χ4n) is 3.81. The van der Waals surface area contributed by atoms with Crippen molar-refractivity contribution in [3.8, 4) is 0 Å². The average molecular weight is 373 g/mol. The fraction of sp³-hybridized carbons (Fsp3) is 0.526. The molecule has 0 bridgehead atoms. The summed E-state index contributed by atoms with van der Waals surface area (Å²) < 4.78 is 0. The van der Waals surface area contributed by atoms with Gasteiger partial charge < -0.3 is 9.80 Å². The van der Waals surface area contributed by atoms with Crippen LogP contribution in [0.3, 0.4) is 0 Å². The van der Waals surface area contributed by atoms with Gasteiger partial charge in [-0.1, -0.05) is 18.2 Å². The summed E-state index contributed by atoms with van der Waals surface area (Å²) in [6, 6.07) is 9.73. The topological polar surface area (TPSA) is 76.2 Å². The van der Waals surface area contributed by atoms with E-state index in [1.165, 1.54) is 4.90 Å². The molecule has 2 aliphatic heterocycles. The summed E-state index contributed by atoms with van der Waals surface area (Å²) in [5.41, 5.74) is 4.03. The van der Waals surface area contributed by atoms with E-state index in [0.717, 1.165) is 10.7 Å². The Morgan fingerprint density at radius 1 is 1.04 bits per heavy atom. The molecule has 27 heavy (non-hydrogen) atoms. The minimum Gasteiger partial charge on any atom is -0.336 e. The molecule has 146 valence electrons. The molecule has 2 fully saturated rings. The summed E-state index contributed by atoms with van der Waals surface area (Å²) in [6.07, 6.45) is -0.475. The quantitative estimate of drug-likeness (QED) is 0.766. The van der Waals surface area contributed by atoms with Gasteiger partial charge in [0.2, 0.25) is 5.91 Å². The number of hydrogen-bond acceptors (Lipinski definition) is 5. The molecule has 2 heterocycles. The van der Waals surface area contributed by atoms with Crippen molar-refractivity contribution in [1.29, 1.82) is 0 Å². The highest BCUT2D eigenvalue weighted by atomic mass is 16.2. The van der Waals surface area contributed by atoms with E-state index in [0.29, 0.717) is 13.1 Å². The van der Waals surface area contributed by atoms with Gasteiger partial charge in [-0.05, 0) is 39.8 Å². The second-order valence-electron chi connectivity index (χ2n) is 7.41. The third-order valence-electron chi connectivity index (χ3n) is 4.91. The highest BCUT2D eigenvalue weighted by molar-refractivity contribution is 6.35. The number of carbonyl (C=O) groups excluding carboxylic acids is 3. The minimum absolute atomic E-state index is 0.0110. The van der Waals surface area contributed by atoms with Gasteiger partial charge in [-0.15, -0.1) is 0 Å². The number of fused-ring (bicyclic) bond motifs is 1. The molecule has 1 unspecified atom stereocenters. The maximum Gasteiger partial charge on any atom is 0.326 e. The van der Waals surface area contributed by atoms with Gasteiger partial charge in [0.1, 0.15) is 6.54 Å². The van der Waals surface area contributed by atoms with Crippen molar-refractivity contribution in [2.24, 2.45) is 0 Å². The van der Waals surface area contributed by atoms with Crippen molar-refractivity contribution >= 4 is 23.4 Å². The molecule has 1 atom stereocenters. The first kappa shape index (κ1) is 19.2. The lowest BCUT2D eigenvalue weighted by atomic mass is 10.2. The van der Waals surface area contributed by atoms with Crippen LogP contribution in [0.15, 0.2) is 30.3 Å². The summed E-state index contributed by atoms with van der Waals surface area (Å²) in [4.78, 5) is 43.0. The van der Waals surface area contributed by atoms with Crippen molar-refractivity contribution < 1.29 is 14.4 Å². The third-order valence-corrected chi connectivity index (χ3v) is 4.91. The van der Waals surface area contributed by atoms with Gasteiger partial charge in [0.15, 0.2) is 6.29 Å². The molecule has 0 aromatic heterocycles. The van der Waals surface area contributed by atoms with Crippen LogP contribution in [0.25, 0.3) is 0 Å². The zero-order valence-corrected chi connectivity index (χ0v) is 16.3. The molecule has 2 aliphatic rings. The summed E-state index contributed by atoms with van der Waals surface area (Å²) in [7, 11) is 0. The van der Waals surface area contributed by atoms with E-state index >= 15 is 0 Å². The lowest BCUT2D eigenvalue weighted by Crippen LogP contribution is -2.68. The predicted molar refractivity (Wildman–Crippen MR) is 101 cm³/mol. The van der Waals surface area contributed by atoms with Gasteiger partial charge in [0.25, 0.3) is 0 Å². The number of anilines is 1. The Bertz CT molecular complexity index is 713. The van der Waals surface area contributed by atoms with Gasteiger partial charge >= 0.3 is 11.8 Å². The van der Waals surface area contributed by atoms with Crippen molar-refractivity contribution in [1.82, 2.24) is 20.2 Å². The fourth-order valence-corrected chi connectivity index (χ4v) is 3.81. The van der Waals surface area contributed by atoms with Crippen molar-refractivity contribution in [2.75, 3.05) is 24.5 Å². The molecule has 0 radical (unpaired) electrons. The van der Waals surface area contributed by atoms with Crippen molar-refractivity contribution in [3.05, 3.63) is 30.3 Å². The zero-order chi connectivity index (χ0) is 19.7. The smallest absolute Gasteiger partial charge is 0.326 e. The van der Waals surface area contributed by atoms with Crippen LogP contribution in [0, 0.1) is 0 Å². The average Bonchev–Trinajstić information content (AvgIpc) is 3.03. The Labute approximate surface area is 159 Å². The highest BCUT2D eigenvalue weighted by Crippen LogP contribution is 2.24. The van der Waals surface area contributed by atoms with E-state index in [1.54, 1.807) is 4.90 Å². The van der Waals surface area contributed by atoms with E-state index in [4.69, 9.17) is 0 Å². The van der Waals surface area contributed by atoms with Gasteiger partial charge in [0.05, 0.1) is 0 Å². The summed E-state index contributed by atoms with van der Waals surface area (Å²) >= 11 is 0. The molecule has 1 aromatic carbocycles. The SMILES string of the molecule is CC(C)N(C(=O)CN1NC2N(CCN2c2ccccc2)C(=O)C1=O)C(C)C. The number of benzene rings is 1. The zero-order valence-electron chi connectivity index (χ0n) is 16.3. The van der Waals surface area contributed by atoms with Crippen LogP contribution in [0.4, 0.5) is 5.69 Å². The van der Waals surface area contributed by atoms with Crippen LogP contribution in [0.5, 0.6) is 0 Å². The lowest BCUT2D eigenvalue weighted by molar-refractivity contribution is -0.165. The third kappa shape index (κ3) is 3.62. The van der Waals surface area contributed by atoms with E-state index in [2.05, 4.69) is 5.43 Å². The molecular weight excluding hydrogens is 346 g/mol. The molecule has 0 spiro atoms. The van der Waals surface area contributed by atoms with E-state index < -0.39 is 18.1 Å². The first-order chi connectivity index (χ1) is 12.8. The van der Waals surface area contributed by atoms with Crippen LogP contribution in [0.2, 0.25) is 0 Å². The first-order valence-corrected chi connectivity index (χ1v) is 9.32. The number of hydrazine groups is 1. The predicted octanol–water partition coefficient (Wildman–Crippen LogP) is 0.611. The molecule has 3 amide bonds. The number of para-hydroxylation sites is 1. The number of carbonyl (C=O) groups is 3. The minimum atomic E-state index is -0.693. The van der Waals surface area contributed by atoms with Gasteiger partial charge in [-0.2, -0.15) is 5.43 Å². The van der Waals surface area contributed by atoms with Gasteiger partial charge in [-0.25, -0.2) is 0 Å². The highest BCUT2D eigenvalue weighted by Gasteiger charge is 2.46. The number of amides is 3. The molecule has 3 rings (SSSR count). The second kappa shape index (κ2) is 7.56. The van der Waals surface area contributed by atoms with Gasteiger partial charge in [-0.3, -0.25) is 24.3 Å². The molecule has 8 nitrogen and oxygen atoms in total. The van der Waals surface area contributed by atoms with E-state index in [-0.39, 0.29) is 24.5 Å². The molecule has 0 aliphatic carbocycles. The Kier molecular flexibility index (Phi) is 5.36. The van der Waals surface area contributed by atoms with Crippen LogP contribution >= 0.6 is 0 Å². The molecule has 1 N–H and O–H groups in total.